The zero-order valence-electron chi connectivity index (χ0n) is 33.8. The summed E-state index contributed by atoms with van der Waals surface area (Å²) < 4.78 is 2.36. The van der Waals surface area contributed by atoms with Crippen LogP contribution in [0.25, 0.3) is 83.9 Å². The average Bonchev–Trinajstić information content (AvgIpc) is 3.69. The summed E-state index contributed by atoms with van der Waals surface area (Å²) in [5.74, 6) is 1.90. The molecule has 0 spiro atoms. The molecule has 2 heterocycles. The molecule has 0 saturated carbocycles. The first kappa shape index (κ1) is 36.7. The molecule has 292 valence electrons. The molecule has 0 N–H and O–H groups in total. The van der Waals surface area contributed by atoms with Gasteiger partial charge in [-0.15, -0.1) is 0 Å². The Morgan fingerprint density at radius 1 is 0.274 bits per heavy atom. The van der Waals surface area contributed by atoms with Crippen molar-refractivity contribution in [3.05, 3.63) is 237 Å². The van der Waals surface area contributed by atoms with E-state index in [1.807, 2.05) is 60.7 Å². The van der Waals surface area contributed by atoms with E-state index in [1.165, 1.54) is 21.9 Å². The fourth-order valence-electron chi connectivity index (χ4n) is 8.46. The molecule has 11 aromatic rings. The first-order valence-corrected chi connectivity index (χ1v) is 20.9. The molecule has 0 radical (unpaired) electrons. The number of benzene rings is 9. The second-order valence-electron chi connectivity index (χ2n) is 15.3. The highest BCUT2D eigenvalue weighted by Crippen LogP contribution is 2.42. The highest BCUT2D eigenvalue weighted by molar-refractivity contribution is 6.10. The number of para-hydroxylation sites is 2. The third-order valence-corrected chi connectivity index (χ3v) is 11.4. The number of nitrogens with zero attached hydrogens (tertiary/aromatic N) is 5. The first-order chi connectivity index (χ1) is 30.7. The van der Waals surface area contributed by atoms with Crippen molar-refractivity contribution in [3.63, 3.8) is 0 Å². The molecule has 11 rings (SSSR count). The molecule has 0 unspecified atom stereocenters. The Morgan fingerprint density at radius 2 is 0.694 bits per heavy atom. The Balaban J connectivity index is 1.05. The van der Waals surface area contributed by atoms with Crippen LogP contribution in [0.3, 0.4) is 0 Å². The van der Waals surface area contributed by atoms with E-state index < -0.39 is 0 Å². The molecule has 0 saturated heterocycles. The van der Waals surface area contributed by atoms with Crippen molar-refractivity contribution in [1.82, 2.24) is 19.5 Å². The van der Waals surface area contributed by atoms with Gasteiger partial charge in [0.15, 0.2) is 17.5 Å². The number of anilines is 3. The number of hydrogen-bond acceptors (Lipinski definition) is 4. The zero-order valence-corrected chi connectivity index (χ0v) is 33.8. The topological polar surface area (TPSA) is 46.8 Å². The number of rotatable bonds is 9. The Kier molecular flexibility index (Phi) is 9.45. The van der Waals surface area contributed by atoms with E-state index >= 15 is 0 Å². The van der Waals surface area contributed by atoms with Crippen molar-refractivity contribution in [2.24, 2.45) is 0 Å². The third-order valence-electron chi connectivity index (χ3n) is 11.4. The van der Waals surface area contributed by atoms with Crippen LogP contribution in [0, 0.1) is 0 Å². The second-order valence-corrected chi connectivity index (χ2v) is 15.3. The molecular formula is C57H39N5. The van der Waals surface area contributed by atoms with Gasteiger partial charge in [-0.05, 0) is 89.0 Å². The van der Waals surface area contributed by atoms with E-state index in [-0.39, 0.29) is 0 Å². The Morgan fingerprint density at radius 3 is 1.31 bits per heavy atom. The maximum Gasteiger partial charge on any atom is 0.164 e. The highest BCUT2D eigenvalue weighted by Gasteiger charge is 2.19. The van der Waals surface area contributed by atoms with E-state index in [0.717, 1.165) is 61.6 Å². The molecule has 5 heteroatoms. The van der Waals surface area contributed by atoms with Crippen LogP contribution in [0.1, 0.15) is 0 Å². The Hall–Kier alpha value is -8.41. The summed E-state index contributed by atoms with van der Waals surface area (Å²) in [6.07, 6.45) is 0. The minimum atomic E-state index is 0.623. The molecule has 0 atom stereocenters. The summed E-state index contributed by atoms with van der Waals surface area (Å²) in [6, 6.07) is 83.1. The van der Waals surface area contributed by atoms with E-state index in [4.69, 9.17) is 15.0 Å². The van der Waals surface area contributed by atoms with Crippen LogP contribution in [-0.4, -0.2) is 19.5 Å². The quantitative estimate of drug-likeness (QED) is 0.146. The van der Waals surface area contributed by atoms with Gasteiger partial charge in [0, 0.05) is 50.2 Å². The fourth-order valence-corrected chi connectivity index (χ4v) is 8.46. The van der Waals surface area contributed by atoms with Crippen LogP contribution in [0.15, 0.2) is 237 Å². The molecule has 5 nitrogen and oxygen atoms in total. The number of fused-ring (bicyclic) bond motifs is 3. The number of hydrogen-bond donors (Lipinski definition) is 0. The molecule has 0 aliphatic carbocycles. The van der Waals surface area contributed by atoms with Gasteiger partial charge in [0.25, 0.3) is 0 Å². The van der Waals surface area contributed by atoms with Crippen LogP contribution in [-0.2, 0) is 0 Å². The van der Waals surface area contributed by atoms with E-state index in [9.17, 15) is 0 Å². The van der Waals surface area contributed by atoms with Gasteiger partial charge in [0.2, 0.25) is 0 Å². The lowest BCUT2D eigenvalue weighted by atomic mass is 10.0. The minimum Gasteiger partial charge on any atom is -0.310 e. The Bertz CT molecular complexity index is 3290. The van der Waals surface area contributed by atoms with Crippen LogP contribution in [0.4, 0.5) is 17.1 Å². The van der Waals surface area contributed by atoms with Gasteiger partial charge in [-0.25, -0.2) is 15.0 Å². The van der Waals surface area contributed by atoms with Gasteiger partial charge in [-0.2, -0.15) is 0 Å². The minimum absolute atomic E-state index is 0.623. The van der Waals surface area contributed by atoms with Crippen LogP contribution in [0.5, 0.6) is 0 Å². The van der Waals surface area contributed by atoms with E-state index in [2.05, 4.69) is 185 Å². The van der Waals surface area contributed by atoms with Gasteiger partial charge >= 0.3 is 0 Å². The zero-order chi connectivity index (χ0) is 41.2. The predicted octanol–water partition coefficient (Wildman–Crippen LogP) is 14.8. The molecule has 0 amide bonds. The van der Waals surface area contributed by atoms with Crippen LogP contribution in [0.2, 0.25) is 0 Å². The van der Waals surface area contributed by atoms with Crippen LogP contribution < -0.4 is 4.90 Å². The van der Waals surface area contributed by atoms with Crippen molar-refractivity contribution in [2.75, 3.05) is 4.90 Å². The summed E-state index contributed by atoms with van der Waals surface area (Å²) in [6.45, 7) is 0. The second kappa shape index (κ2) is 16.0. The maximum atomic E-state index is 5.03. The van der Waals surface area contributed by atoms with Gasteiger partial charge in [-0.3, -0.25) is 0 Å². The lowest BCUT2D eigenvalue weighted by molar-refractivity contribution is 1.07. The largest absolute Gasteiger partial charge is 0.310 e. The molecule has 2 aromatic heterocycles. The van der Waals surface area contributed by atoms with Gasteiger partial charge in [-0.1, -0.05) is 170 Å². The number of aromatic nitrogens is 4. The monoisotopic (exact) mass is 793 g/mol. The van der Waals surface area contributed by atoms with E-state index in [0.29, 0.717) is 17.5 Å². The predicted molar refractivity (Wildman–Crippen MR) is 256 cm³/mol. The smallest absolute Gasteiger partial charge is 0.164 e. The first-order valence-electron chi connectivity index (χ1n) is 20.9. The lowest BCUT2D eigenvalue weighted by Gasteiger charge is -2.27. The molecule has 0 bridgehead atoms. The van der Waals surface area contributed by atoms with Gasteiger partial charge in [0.05, 0.1) is 11.0 Å². The average molecular weight is 794 g/mol. The lowest BCUT2D eigenvalue weighted by Crippen LogP contribution is -2.10. The van der Waals surface area contributed by atoms with Gasteiger partial charge in [0.1, 0.15) is 0 Å². The van der Waals surface area contributed by atoms with Crippen molar-refractivity contribution in [3.8, 4) is 62.1 Å². The van der Waals surface area contributed by atoms with Crippen molar-refractivity contribution < 1.29 is 0 Å². The van der Waals surface area contributed by atoms with Crippen LogP contribution >= 0.6 is 0 Å². The molecule has 0 aliphatic rings. The maximum absolute atomic E-state index is 5.03. The summed E-state index contributed by atoms with van der Waals surface area (Å²) in [5.41, 5.74) is 13.9. The van der Waals surface area contributed by atoms with E-state index in [1.54, 1.807) is 0 Å². The normalized spacial score (nSPS) is 11.2. The van der Waals surface area contributed by atoms with Crippen molar-refractivity contribution >= 4 is 38.9 Å². The fraction of sp³-hybridized carbons (Fsp3) is 0. The van der Waals surface area contributed by atoms with Crippen molar-refractivity contribution in [2.45, 2.75) is 0 Å². The highest BCUT2D eigenvalue weighted by atomic mass is 15.1. The Labute approximate surface area is 360 Å². The molecule has 0 fully saturated rings. The molecular weight excluding hydrogens is 755 g/mol. The molecule has 62 heavy (non-hydrogen) atoms. The summed E-state index contributed by atoms with van der Waals surface area (Å²) in [7, 11) is 0. The van der Waals surface area contributed by atoms with Crippen molar-refractivity contribution in [1.29, 1.82) is 0 Å². The molecule has 9 aromatic carbocycles. The summed E-state index contributed by atoms with van der Waals surface area (Å²) in [4.78, 5) is 17.3. The summed E-state index contributed by atoms with van der Waals surface area (Å²) >= 11 is 0. The molecule has 0 aliphatic heterocycles. The van der Waals surface area contributed by atoms with Gasteiger partial charge < -0.3 is 9.47 Å². The summed E-state index contributed by atoms with van der Waals surface area (Å²) in [5, 5.41) is 2.40. The third kappa shape index (κ3) is 6.97. The standard InChI is InChI=1S/C57H39N5/c1-5-18-40(19-6-1)44-25-16-30-48(37-44)61(50-34-35-54-52(39-50)51-32-13-14-33-53(51)62(54)47-28-11-4-12-29-47)49-31-17-26-45(38-49)43-24-15-27-46(36-43)57-59-55(41-20-7-2-8-21-41)58-56(60-57)42-22-9-3-10-23-42/h1-39H. The SMILES string of the molecule is c1ccc(-c2cccc(N(c3cccc(-c4cccc(-c5nc(-c6ccccc6)nc(-c6ccccc6)n5)c4)c3)c3ccc4c(c3)c3ccccc3n4-c3ccccc3)c2)cc1.